The third-order valence-corrected chi connectivity index (χ3v) is 5.77. The lowest BCUT2D eigenvalue weighted by molar-refractivity contribution is -0.106. The molecule has 9 heteroatoms. The predicted octanol–water partition coefficient (Wildman–Crippen LogP) is 5.08. The minimum atomic E-state index is -4.87. The van der Waals surface area contributed by atoms with Gasteiger partial charge in [0.2, 0.25) is 10.0 Å². The molecule has 0 saturated heterocycles. The van der Waals surface area contributed by atoms with Crippen molar-refractivity contribution in [2.45, 2.75) is 19.6 Å². The van der Waals surface area contributed by atoms with E-state index in [1.54, 1.807) is 49.4 Å². The minimum Gasteiger partial charge on any atom is -0.457 e. The average Bonchev–Trinajstić information content (AvgIpc) is 2.66. The van der Waals surface area contributed by atoms with Gasteiger partial charge >= 0.3 is 6.18 Å². The standard InChI is InChI=1S/C21H19F3N2O3S/c1-16-10-11-17(13-25-16)14-26(30(27,28)15-21(22,23)24)18-6-5-9-20(12-18)29-19-7-3-2-4-8-19/h2-13H,14-15H2,1H3. The first-order valence-electron chi connectivity index (χ1n) is 8.94. The van der Waals surface area contributed by atoms with Crippen LogP contribution < -0.4 is 9.04 Å². The van der Waals surface area contributed by atoms with E-state index in [1.807, 2.05) is 6.07 Å². The Morgan fingerprint density at radius 1 is 0.967 bits per heavy atom. The zero-order valence-corrected chi connectivity index (χ0v) is 16.8. The molecule has 1 aromatic heterocycles. The largest absolute Gasteiger partial charge is 0.457 e. The van der Waals surface area contributed by atoms with Crippen LogP contribution in [0.4, 0.5) is 18.9 Å². The first-order chi connectivity index (χ1) is 14.1. The number of anilines is 1. The Morgan fingerprint density at radius 3 is 2.30 bits per heavy atom. The van der Waals surface area contributed by atoms with Crippen LogP contribution in [0.25, 0.3) is 0 Å². The molecule has 0 aliphatic rings. The molecule has 3 rings (SSSR count). The van der Waals surface area contributed by atoms with Crippen LogP contribution in [0.5, 0.6) is 11.5 Å². The van der Waals surface area contributed by atoms with Gasteiger partial charge in [-0.2, -0.15) is 13.2 Å². The summed E-state index contributed by atoms with van der Waals surface area (Å²) in [6, 6.07) is 18.0. The number of benzene rings is 2. The van der Waals surface area contributed by atoms with E-state index in [0.29, 0.717) is 22.8 Å². The number of hydrogen-bond acceptors (Lipinski definition) is 4. The van der Waals surface area contributed by atoms with E-state index in [0.717, 1.165) is 4.31 Å². The number of aromatic nitrogens is 1. The molecule has 0 spiro atoms. The average molecular weight is 436 g/mol. The molecule has 3 aromatic rings. The molecular formula is C21H19F3N2O3S. The van der Waals surface area contributed by atoms with Crippen molar-refractivity contribution in [2.24, 2.45) is 0 Å². The van der Waals surface area contributed by atoms with E-state index in [2.05, 4.69) is 4.98 Å². The zero-order chi connectivity index (χ0) is 21.8. The zero-order valence-electron chi connectivity index (χ0n) is 16.0. The van der Waals surface area contributed by atoms with E-state index in [1.165, 1.54) is 24.4 Å². The van der Waals surface area contributed by atoms with Crippen molar-refractivity contribution in [2.75, 3.05) is 10.1 Å². The summed E-state index contributed by atoms with van der Waals surface area (Å²) >= 11 is 0. The van der Waals surface area contributed by atoms with Gasteiger partial charge in [-0.1, -0.05) is 30.3 Å². The number of hydrogen-bond donors (Lipinski definition) is 0. The molecule has 158 valence electrons. The van der Waals surface area contributed by atoms with Gasteiger partial charge in [-0.3, -0.25) is 9.29 Å². The fraction of sp³-hybridized carbons (Fsp3) is 0.190. The molecule has 2 aromatic carbocycles. The lowest BCUT2D eigenvalue weighted by Crippen LogP contribution is -2.37. The molecule has 0 aliphatic heterocycles. The summed E-state index contributed by atoms with van der Waals surface area (Å²) in [5.41, 5.74) is 1.23. The number of halogens is 3. The van der Waals surface area contributed by atoms with Crippen LogP contribution in [0, 0.1) is 6.92 Å². The number of aryl methyl sites for hydroxylation is 1. The van der Waals surface area contributed by atoms with Gasteiger partial charge in [0.25, 0.3) is 0 Å². The number of sulfonamides is 1. The summed E-state index contributed by atoms with van der Waals surface area (Å²) in [4.78, 5) is 4.09. The van der Waals surface area contributed by atoms with Crippen molar-refractivity contribution in [3.05, 3.63) is 84.2 Å². The molecule has 0 atom stereocenters. The normalized spacial score (nSPS) is 11.9. The number of pyridine rings is 1. The van der Waals surface area contributed by atoms with Gasteiger partial charge in [-0.15, -0.1) is 0 Å². The van der Waals surface area contributed by atoms with Crippen LogP contribution in [0.15, 0.2) is 72.9 Å². The molecule has 0 N–H and O–H groups in total. The van der Waals surface area contributed by atoms with Crippen LogP contribution >= 0.6 is 0 Å². The van der Waals surface area contributed by atoms with E-state index < -0.39 is 22.0 Å². The van der Waals surface area contributed by atoms with Gasteiger partial charge in [0.05, 0.1) is 12.2 Å². The molecule has 5 nitrogen and oxygen atoms in total. The molecule has 0 unspecified atom stereocenters. The van der Waals surface area contributed by atoms with Crippen molar-refractivity contribution in [3.63, 3.8) is 0 Å². The van der Waals surface area contributed by atoms with E-state index in [-0.39, 0.29) is 12.2 Å². The van der Waals surface area contributed by atoms with Gasteiger partial charge in [-0.25, -0.2) is 8.42 Å². The second-order valence-electron chi connectivity index (χ2n) is 6.60. The Hall–Kier alpha value is -3.07. The van der Waals surface area contributed by atoms with Gasteiger partial charge in [-0.05, 0) is 42.8 Å². The molecule has 0 bridgehead atoms. The summed E-state index contributed by atoms with van der Waals surface area (Å²) in [6.07, 6.45) is -3.43. The Labute approximate surface area is 172 Å². The number of nitrogens with zero attached hydrogens (tertiary/aromatic N) is 2. The molecule has 0 radical (unpaired) electrons. The molecule has 30 heavy (non-hydrogen) atoms. The maximum atomic E-state index is 12.9. The molecule has 0 amide bonds. The lowest BCUT2D eigenvalue weighted by atomic mass is 10.2. The second-order valence-corrected chi connectivity index (χ2v) is 8.49. The van der Waals surface area contributed by atoms with Crippen LogP contribution in [-0.2, 0) is 16.6 Å². The lowest BCUT2D eigenvalue weighted by Gasteiger charge is -2.25. The Morgan fingerprint density at radius 2 is 1.67 bits per heavy atom. The molecule has 0 aliphatic carbocycles. The topological polar surface area (TPSA) is 59.5 Å². The van der Waals surface area contributed by atoms with Crippen LogP contribution in [0.2, 0.25) is 0 Å². The number of alkyl halides is 3. The number of ether oxygens (including phenoxy) is 1. The van der Waals surface area contributed by atoms with Gasteiger partial charge in [0, 0.05) is 18.0 Å². The summed E-state index contributed by atoms with van der Waals surface area (Å²) < 4.78 is 70.5. The summed E-state index contributed by atoms with van der Waals surface area (Å²) in [6.45, 7) is 1.47. The second kappa shape index (κ2) is 8.74. The SMILES string of the molecule is Cc1ccc(CN(c2cccc(Oc3ccccc3)c2)S(=O)(=O)CC(F)(F)F)cn1. The highest BCUT2D eigenvalue weighted by molar-refractivity contribution is 7.92. The minimum absolute atomic E-state index is 0.0632. The van der Waals surface area contributed by atoms with Crippen LogP contribution in [-0.4, -0.2) is 25.3 Å². The number of rotatable bonds is 7. The molecular weight excluding hydrogens is 417 g/mol. The third kappa shape index (κ3) is 5.96. The van der Waals surface area contributed by atoms with Crippen molar-refractivity contribution < 1.29 is 26.3 Å². The third-order valence-electron chi connectivity index (χ3n) is 4.07. The highest BCUT2D eigenvalue weighted by atomic mass is 32.2. The summed E-state index contributed by atoms with van der Waals surface area (Å²) in [5.74, 6) is -1.15. The Balaban J connectivity index is 1.96. The van der Waals surface area contributed by atoms with E-state index in [4.69, 9.17) is 4.74 Å². The van der Waals surface area contributed by atoms with Gasteiger partial charge in [0.15, 0.2) is 5.75 Å². The fourth-order valence-electron chi connectivity index (χ4n) is 2.72. The maximum absolute atomic E-state index is 12.9. The monoisotopic (exact) mass is 436 g/mol. The highest BCUT2D eigenvalue weighted by Gasteiger charge is 2.38. The van der Waals surface area contributed by atoms with E-state index in [9.17, 15) is 21.6 Å². The van der Waals surface area contributed by atoms with Crippen molar-refractivity contribution in [1.29, 1.82) is 0 Å². The highest BCUT2D eigenvalue weighted by Crippen LogP contribution is 2.30. The summed E-state index contributed by atoms with van der Waals surface area (Å²) in [5, 5.41) is 0. The fourth-order valence-corrected chi connectivity index (χ4v) is 4.07. The Bertz CT molecular complexity index is 1090. The number of para-hydroxylation sites is 1. The van der Waals surface area contributed by atoms with Crippen LogP contribution in [0.1, 0.15) is 11.3 Å². The van der Waals surface area contributed by atoms with Gasteiger partial charge in [0.1, 0.15) is 11.5 Å². The first kappa shape index (κ1) is 21.6. The van der Waals surface area contributed by atoms with Crippen molar-refractivity contribution in [3.8, 4) is 11.5 Å². The predicted molar refractivity (Wildman–Crippen MR) is 108 cm³/mol. The molecule has 0 fully saturated rings. The molecule has 1 heterocycles. The Kier molecular flexibility index (Phi) is 6.31. The van der Waals surface area contributed by atoms with Crippen molar-refractivity contribution in [1.82, 2.24) is 4.98 Å². The smallest absolute Gasteiger partial charge is 0.404 e. The van der Waals surface area contributed by atoms with Crippen molar-refractivity contribution >= 4 is 15.7 Å². The molecule has 0 saturated carbocycles. The summed E-state index contributed by atoms with van der Waals surface area (Å²) in [7, 11) is -4.71. The van der Waals surface area contributed by atoms with E-state index >= 15 is 0 Å². The van der Waals surface area contributed by atoms with Crippen LogP contribution in [0.3, 0.4) is 0 Å². The van der Waals surface area contributed by atoms with Gasteiger partial charge < -0.3 is 4.74 Å². The first-order valence-corrected chi connectivity index (χ1v) is 10.5. The maximum Gasteiger partial charge on any atom is 0.404 e. The quantitative estimate of drug-likeness (QED) is 0.518.